The molecule has 0 saturated carbocycles. The number of carbonyl (C=O) groups excluding carboxylic acids is 2. The van der Waals surface area contributed by atoms with E-state index >= 15 is 0 Å². The number of hydrogen-bond donors (Lipinski definition) is 1. The summed E-state index contributed by atoms with van der Waals surface area (Å²) in [6, 6.07) is 22.6. The molecule has 1 unspecified atom stereocenters. The highest BCUT2D eigenvalue weighted by Crippen LogP contribution is 2.22. The third-order valence-corrected chi connectivity index (χ3v) is 6.86. The Morgan fingerprint density at radius 1 is 0.971 bits per heavy atom. The van der Waals surface area contributed by atoms with Gasteiger partial charge in [0, 0.05) is 30.3 Å². The van der Waals surface area contributed by atoms with E-state index in [1.807, 2.05) is 61.5 Å². The van der Waals surface area contributed by atoms with E-state index < -0.39 is 6.04 Å². The minimum absolute atomic E-state index is 0.154. The Bertz CT molecular complexity index is 1100. The maximum absolute atomic E-state index is 13.5. The van der Waals surface area contributed by atoms with Crippen LogP contribution in [0.3, 0.4) is 0 Å². The second kappa shape index (κ2) is 13.9. The summed E-state index contributed by atoms with van der Waals surface area (Å²) in [7, 11) is 0. The number of benzene rings is 3. The van der Waals surface area contributed by atoms with Crippen molar-refractivity contribution in [1.82, 2.24) is 10.2 Å². The lowest BCUT2D eigenvalue weighted by Gasteiger charge is -2.31. The third-order valence-electron chi connectivity index (χ3n) is 5.53. The molecule has 0 aliphatic heterocycles. The number of amides is 2. The lowest BCUT2D eigenvalue weighted by molar-refractivity contribution is -0.139. The van der Waals surface area contributed by atoms with E-state index in [0.717, 1.165) is 23.1 Å². The zero-order chi connectivity index (χ0) is 25.0. The molecule has 0 radical (unpaired) electrons. The van der Waals surface area contributed by atoms with E-state index in [-0.39, 0.29) is 29.9 Å². The number of carbonyl (C=O) groups is 2. The molecule has 1 atom stereocenters. The molecule has 3 rings (SSSR count). The molecule has 0 aromatic heterocycles. The molecule has 3 aromatic rings. The Kier molecular flexibility index (Phi) is 10.6. The first kappa shape index (κ1) is 26.8. The summed E-state index contributed by atoms with van der Waals surface area (Å²) < 4.78 is 13.5. The molecule has 0 aliphatic rings. The van der Waals surface area contributed by atoms with E-state index in [1.54, 1.807) is 17.0 Å². The van der Waals surface area contributed by atoms with Crippen LogP contribution in [0.2, 0.25) is 5.02 Å². The van der Waals surface area contributed by atoms with Crippen LogP contribution in [0.4, 0.5) is 4.39 Å². The van der Waals surface area contributed by atoms with Crippen LogP contribution in [-0.4, -0.2) is 35.1 Å². The molecule has 0 heterocycles. The van der Waals surface area contributed by atoms with Crippen LogP contribution in [0.25, 0.3) is 0 Å². The molecule has 0 fully saturated rings. The molecule has 184 valence electrons. The molecular formula is C28H30ClFN2O2S. The van der Waals surface area contributed by atoms with Crippen molar-refractivity contribution in [3.05, 3.63) is 106 Å². The summed E-state index contributed by atoms with van der Waals surface area (Å²) in [5.41, 5.74) is 2.68. The van der Waals surface area contributed by atoms with E-state index in [0.29, 0.717) is 23.7 Å². The third kappa shape index (κ3) is 8.41. The number of nitrogens with one attached hydrogen (secondary N) is 1. The zero-order valence-corrected chi connectivity index (χ0v) is 21.3. The average molecular weight is 513 g/mol. The highest BCUT2D eigenvalue weighted by atomic mass is 35.5. The Hall–Kier alpha value is -2.83. The van der Waals surface area contributed by atoms with E-state index in [4.69, 9.17) is 11.6 Å². The minimum atomic E-state index is -0.692. The summed E-state index contributed by atoms with van der Waals surface area (Å²) >= 11 is 7.72. The number of nitrogens with zero attached hydrogens (tertiary/aromatic N) is 1. The van der Waals surface area contributed by atoms with Gasteiger partial charge in [0.2, 0.25) is 11.8 Å². The second-order valence-corrected chi connectivity index (χ2v) is 9.62. The first-order valence-electron chi connectivity index (χ1n) is 11.6. The lowest BCUT2D eigenvalue weighted by Crippen LogP contribution is -2.51. The van der Waals surface area contributed by atoms with Gasteiger partial charge in [0.1, 0.15) is 11.9 Å². The minimum Gasteiger partial charge on any atom is -0.354 e. The first-order chi connectivity index (χ1) is 17.0. The maximum Gasteiger partial charge on any atom is 0.243 e. The normalized spacial score (nSPS) is 11.6. The van der Waals surface area contributed by atoms with Gasteiger partial charge in [-0.05, 0) is 41.3 Å². The highest BCUT2D eigenvalue weighted by molar-refractivity contribution is 7.99. The fraction of sp³-hybridized carbons (Fsp3) is 0.286. The second-order valence-electron chi connectivity index (χ2n) is 8.23. The standard InChI is InChI=1S/C28H30ClFN2O2S/c1-2-16-31-28(34)26(17-21-8-4-3-5-9-21)32(18-22-12-14-24(30)15-13-22)27(33)20-35-19-23-10-6-7-11-25(23)29/h3-15,26H,2,16-20H2,1H3,(H,31,34). The van der Waals surface area contributed by atoms with Crippen molar-refractivity contribution >= 4 is 35.2 Å². The maximum atomic E-state index is 13.5. The van der Waals surface area contributed by atoms with E-state index in [2.05, 4.69) is 5.32 Å². The Balaban J connectivity index is 1.83. The predicted molar refractivity (Wildman–Crippen MR) is 142 cm³/mol. The van der Waals surface area contributed by atoms with Crippen LogP contribution in [0.1, 0.15) is 30.0 Å². The average Bonchev–Trinajstić information content (AvgIpc) is 2.87. The van der Waals surface area contributed by atoms with Gasteiger partial charge >= 0.3 is 0 Å². The number of thioether (sulfide) groups is 1. The Morgan fingerprint density at radius 3 is 2.34 bits per heavy atom. The van der Waals surface area contributed by atoms with Crippen molar-refractivity contribution in [2.75, 3.05) is 12.3 Å². The Labute approximate surface area is 215 Å². The zero-order valence-electron chi connectivity index (χ0n) is 19.8. The van der Waals surface area contributed by atoms with Crippen molar-refractivity contribution in [1.29, 1.82) is 0 Å². The smallest absolute Gasteiger partial charge is 0.243 e. The molecule has 0 bridgehead atoms. The van der Waals surface area contributed by atoms with Crippen LogP contribution in [0, 0.1) is 5.82 Å². The fourth-order valence-electron chi connectivity index (χ4n) is 3.65. The number of rotatable bonds is 12. The molecule has 3 aromatic carbocycles. The van der Waals surface area contributed by atoms with Gasteiger partial charge in [0.25, 0.3) is 0 Å². The highest BCUT2D eigenvalue weighted by Gasteiger charge is 2.30. The van der Waals surface area contributed by atoms with Crippen molar-refractivity contribution in [2.45, 2.75) is 38.1 Å². The number of hydrogen-bond acceptors (Lipinski definition) is 3. The van der Waals surface area contributed by atoms with Crippen molar-refractivity contribution in [3.63, 3.8) is 0 Å². The van der Waals surface area contributed by atoms with Crippen LogP contribution >= 0.6 is 23.4 Å². The van der Waals surface area contributed by atoms with Crippen molar-refractivity contribution in [2.24, 2.45) is 0 Å². The molecule has 1 N–H and O–H groups in total. The first-order valence-corrected chi connectivity index (χ1v) is 13.2. The van der Waals surface area contributed by atoms with Gasteiger partial charge in [-0.1, -0.05) is 79.2 Å². The summed E-state index contributed by atoms with van der Waals surface area (Å²) in [6.45, 7) is 2.73. The number of halogens is 2. The van der Waals surface area contributed by atoms with Crippen LogP contribution < -0.4 is 5.32 Å². The van der Waals surface area contributed by atoms with Gasteiger partial charge in [-0.15, -0.1) is 11.8 Å². The quantitative estimate of drug-likeness (QED) is 0.330. The predicted octanol–water partition coefficient (Wildman–Crippen LogP) is 5.88. The topological polar surface area (TPSA) is 49.4 Å². The van der Waals surface area contributed by atoms with Gasteiger partial charge < -0.3 is 10.2 Å². The van der Waals surface area contributed by atoms with Crippen LogP contribution in [0.5, 0.6) is 0 Å². The largest absolute Gasteiger partial charge is 0.354 e. The summed E-state index contributed by atoms with van der Waals surface area (Å²) in [6.07, 6.45) is 1.18. The molecular weight excluding hydrogens is 483 g/mol. The van der Waals surface area contributed by atoms with E-state index in [9.17, 15) is 14.0 Å². The SMILES string of the molecule is CCCNC(=O)C(Cc1ccccc1)N(Cc1ccc(F)cc1)C(=O)CSCc1ccccc1Cl. The van der Waals surface area contributed by atoms with Gasteiger partial charge in [0.15, 0.2) is 0 Å². The summed E-state index contributed by atoms with van der Waals surface area (Å²) in [4.78, 5) is 28.4. The molecule has 0 aliphatic carbocycles. The monoisotopic (exact) mass is 512 g/mol. The molecule has 0 spiro atoms. The van der Waals surface area contributed by atoms with Gasteiger partial charge in [-0.3, -0.25) is 9.59 Å². The van der Waals surface area contributed by atoms with Crippen molar-refractivity contribution in [3.8, 4) is 0 Å². The lowest BCUT2D eigenvalue weighted by atomic mass is 10.0. The van der Waals surface area contributed by atoms with Crippen LogP contribution in [0.15, 0.2) is 78.9 Å². The molecule has 2 amide bonds. The van der Waals surface area contributed by atoms with Crippen LogP contribution in [-0.2, 0) is 28.3 Å². The molecule has 7 heteroatoms. The summed E-state index contributed by atoms with van der Waals surface area (Å²) in [5, 5.41) is 3.62. The van der Waals surface area contributed by atoms with Gasteiger partial charge in [-0.2, -0.15) is 0 Å². The molecule has 4 nitrogen and oxygen atoms in total. The summed E-state index contributed by atoms with van der Waals surface area (Å²) in [5.74, 6) is 0.0876. The fourth-order valence-corrected chi connectivity index (χ4v) is 4.85. The van der Waals surface area contributed by atoms with E-state index in [1.165, 1.54) is 23.9 Å². The molecule has 0 saturated heterocycles. The molecule has 35 heavy (non-hydrogen) atoms. The van der Waals surface area contributed by atoms with Gasteiger partial charge in [-0.25, -0.2) is 4.39 Å². The van der Waals surface area contributed by atoms with Crippen molar-refractivity contribution < 1.29 is 14.0 Å². The Morgan fingerprint density at radius 2 is 1.66 bits per heavy atom. The van der Waals surface area contributed by atoms with Gasteiger partial charge in [0.05, 0.1) is 5.75 Å².